The van der Waals surface area contributed by atoms with E-state index in [0.717, 1.165) is 0 Å². The maximum absolute atomic E-state index is 3.45. The fourth-order valence-electron chi connectivity index (χ4n) is 2.73. The minimum atomic E-state index is 0.622. The van der Waals surface area contributed by atoms with Crippen LogP contribution in [0.2, 0.25) is 0 Å². The minimum absolute atomic E-state index is 0.622. The van der Waals surface area contributed by atoms with Gasteiger partial charge in [0.1, 0.15) is 0 Å². The zero-order valence-corrected chi connectivity index (χ0v) is 11.2. The van der Waals surface area contributed by atoms with Gasteiger partial charge in [-0.05, 0) is 38.8 Å². The maximum atomic E-state index is 3.45. The van der Waals surface area contributed by atoms with Crippen LogP contribution in [-0.4, -0.2) is 37.1 Å². The van der Waals surface area contributed by atoms with E-state index in [4.69, 9.17) is 0 Å². The van der Waals surface area contributed by atoms with E-state index in [1.165, 1.54) is 25.1 Å². The number of rotatable bonds is 3. The molecule has 0 amide bonds. The van der Waals surface area contributed by atoms with E-state index in [2.05, 4.69) is 61.4 Å². The molecule has 0 bridgehead atoms. The molecule has 2 rings (SSSR count). The van der Waals surface area contributed by atoms with Crippen LogP contribution in [0.3, 0.4) is 0 Å². The van der Waals surface area contributed by atoms with E-state index < -0.39 is 0 Å². The second-order valence-corrected chi connectivity index (χ2v) is 5.38. The molecule has 1 aromatic carbocycles. The molecule has 0 aliphatic carbocycles. The van der Waals surface area contributed by atoms with Gasteiger partial charge >= 0.3 is 0 Å². The highest BCUT2D eigenvalue weighted by atomic mass is 15.2. The molecule has 0 radical (unpaired) electrons. The highest BCUT2D eigenvalue weighted by Gasteiger charge is 2.28. The van der Waals surface area contributed by atoms with E-state index in [0.29, 0.717) is 18.0 Å². The van der Waals surface area contributed by atoms with Crippen LogP contribution in [0, 0.1) is 0 Å². The van der Waals surface area contributed by atoms with Crippen molar-refractivity contribution in [1.29, 1.82) is 0 Å². The largest absolute Gasteiger partial charge is 0.316 e. The van der Waals surface area contributed by atoms with Gasteiger partial charge in [-0.2, -0.15) is 0 Å². The summed E-state index contributed by atoms with van der Waals surface area (Å²) in [5, 5.41) is 3.45. The predicted molar refractivity (Wildman–Crippen MR) is 73.4 cm³/mol. The third-order valence-corrected chi connectivity index (χ3v) is 3.89. The van der Waals surface area contributed by atoms with Crippen LogP contribution >= 0.6 is 0 Å². The summed E-state index contributed by atoms with van der Waals surface area (Å²) in [5.74, 6) is 0.671. The molecule has 0 spiro atoms. The lowest BCUT2D eigenvalue weighted by Crippen LogP contribution is -2.49. The lowest BCUT2D eigenvalue weighted by molar-refractivity contribution is 0.141. The van der Waals surface area contributed by atoms with Gasteiger partial charge in [-0.15, -0.1) is 0 Å². The molecule has 0 aromatic heterocycles. The van der Waals surface area contributed by atoms with Crippen LogP contribution in [0.5, 0.6) is 0 Å². The summed E-state index contributed by atoms with van der Waals surface area (Å²) in [7, 11) is 2.08. The molecule has 17 heavy (non-hydrogen) atoms. The summed E-state index contributed by atoms with van der Waals surface area (Å²) < 4.78 is 0. The average Bonchev–Trinajstić information content (AvgIpc) is 2.39. The highest BCUT2D eigenvalue weighted by Crippen LogP contribution is 2.27. The van der Waals surface area contributed by atoms with Crippen molar-refractivity contribution in [2.75, 3.05) is 20.1 Å². The third-order valence-electron chi connectivity index (χ3n) is 3.89. The Morgan fingerprint density at radius 3 is 2.47 bits per heavy atom. The van der Waals surface area contributed by atoms with E-state index in [9.17, 15) is 0 Å². The molecule has 1 aromatic rings. The van der Waals surface area contributed by atoms with Gasteiger partial charge in [-0.1, -0.05) is 30.3 Å². The van der Waals surface area contributed by atoms with Crippen molar-refractivity contribution in [2.24, 2.45) is 0 Å². The molecular weight excluding hydrogens is 208 g/mol. The van der Waals surface area contributed by atoms with Gasteiger partial charge in [0.15, 0.2) is 0 Å². The molecule has 2 unspecified atom stereocenters. The van der Waals surface area contributed by atoms with E-state index in [-0.39, 0.29) is 0 Å². The van der Waals surface area contributed by atoms with Crippen molar-refractivity contribution >= 4 is 0 Å². The molecule has 94 valence electrons. The average molecular weight is 232 g/mol. The maximum Gasteiger partial charge on any atom is 0.0198 e. The van der Waals surface area contributed by atoms with Crippen LogP contribution in [0.25, 0.3) is 0 Å². The van der Waals surface area contributed by atoms with Crippen molar-refractivity contribution in [2.45, 2.75) is 38.3 Å². The fraction of sp³-hybridized carbons (Fsp3) is 0.600. The van der Waals surface area contributed by atoms with Crippen LogP contribution < -0.4 is 5.32 Å². The second-order valence-electron chi connectivity index (χ2n) is 5.38. The SMILES string of the molecule is CNC1CC(c2ccccc2)CN(C(C)C)C1. The summed E-state index contributed by atoms with van der Waals surface area (Å²) in [6.07, 6.45) is 1.25. The van der Waals surface area contributed by atoms with Crippen LogP contribution in [0.15, 0.2) is 30.3 Å². The number of benzene rings is 1. The fourth-order valence-corrected chi connectivity index (χ4v) is 2.73. The first-order valence-electron chi connectivity index (χ1n) is 6.67. The smallest absolute Gasteiger partial charge is 0.0198 e. The van der Waals surface area contributed by atoms with E-state index in [1.807, 2.05) is 0 Å². The molecule has 0 saturated carbocycles. The summed E-state index contributed by atoms with van der Waals surface area (Å²) in [5.41, 5.74) is 1.48. The lowest BCUT2D eigenvalue weighted by atomic mass is 9.87. The topological polar surface area (TPSA) is 15.3 Å². The molecule has 2 atom stereocenters. The standard InChI is InChI=1S/C15H24N2/c1-12(2)17-10-14(9-15(11-17)16-3)13-7-5-4-6-8-13/h4-8,12,14-16H,9-11H2,1-3H3. The molecule has 2 heteroatoms. The van der Waals surface area contributed by atoms with Crippen LogP contribution in [-0.2, 0) is 0 Å². The van der Waals surface area contributed by atoms with Gasteiger partial charge in [0.05, 0.1) is 0 Å². The quantitative estimate of drug-likeness (QED) is 0.861. The summed E-state index contributed by atoms with van der Waals surface area (Å²) >= 11 is 0. The van der Waals surface area contributed by atoms with Crippen molar-refractivity contribution in [3.05, 3.63) is 35.9 Å². The number of hydrogen-bond acceptors (Lipinski definition) is 2. The number of hydrogen-bond donors (Lipinski definition) is 1. The Hall–Kier alpha value is -0.860. The van der Waals surface area contributed by atoms with Gasteiger partial charge in [-0.3, -0.25) is 4.90 Å². The summed E-state index contributed by atoms with van der Waals surface area (Å²) in [6, 6.07) is 12.2. The molecule has 2 nitrogen and oxygen atoms in total. The molecule has 1 N–H and O–H groups in total. The van der Waals surface area contributed by atoms with Crippen LogP contribution in [0.1, 0.15) is 31.7 Å². The summed E-state index contributed by atoms with van der Waals surface area (Å²) in [4.78, 5) is 2.59. The molecule has 1 fully saturated rings. The zero-order valence-electron chi connectivity index (χ0n) is 11.2. The molecule has 1 heterocycles. The molecule has 1 aliphatic heterocycles. The Kier molecular flexibility index (Phi) is 4.19. The molecule has 1 aliphatic rings. The highest BCUT2D eigenvalue weighted by molar-refractivity contribution is 5.21. The third kappa shape index (κ3) is 3.08. The van der Waals surface area contributed by atoms with Crippen molar-refractivity contribution in [1.82, 2.24) is 10.2 Å². The number of nitrogens with zero attached hydrogens (tertiary/aromatic N) is 1. The Morgan fingerprint density at radius 2 is 1.88 bits per heavy atom. The lowest BCUT2D eigenvalue weighted by Gasteiger charge is -2.40. The van der Waals surface area contributed by atoms with Crippen molar-refractivity contribution < 1.29 is 0 Å². The molecule has 1 saturated heterocycles. The van der Waals surface area contributed by atoms with Crippen molar-refractivity contribution in [3.8, 4) is 0 Å². The predicted octanol–water partition coefficient (Wildman–Crippen LogP) is 2.47. The van der Waals surface area contributed by atoms with Gasteiger partial charge in [0.2, 0.25) is 0 Å². The van der Waals surface area contributed by atoms with Gasteiger partial charge < -0.3 is 5.32 Å². The summed E-state index contributed by atoms with van der Waals surface area (Å²) in [6.45, 7) is 6.96. The minimum Gasteiger partial charge on any atom is -0.316 e. The first kappa shape index (κ1) is 12.6. The van der Waals surface area contributed by atoms with Gasteiger partial charge in [-0.25, -0.2) is 0 Å². The first-order valence-corrected chi connectivity index (χ1v) is 6.67. The first-order chi connectivity index (χ1) is 8.20. The van der Waals surface area contributed by atoms with Gasteiger partial charge in [0, 0.05) is 25.2 Å². The Balaban J connectivity index is 2.12. The Bertz CT molecular complexity index is 334. The number of likely N-dealkylation sites (tertiary alicyclic amines) is 1. The Morgan fingerprint density at radius 1 is 1.18 bits per heavy atom. The van der Waals surface area contributed by atoms with Gasteiger partial charge in [0.25, 0.3) is 0 Å². The number of likely N-dealkylation sites (N-methyl/N-ethyl adjacent to an activating group) is 1. The second kappa shape index (κ2) is 5.65. The van der Waals surface area contributed by atoms with E-state index in [1.54, 1.807) is 0 Å². The van der Waals surface area contributed by atoms with Crippen molar-refractivity contribution in [3.63, 3.8) is 0 Å². The molecular formula is C15H24N2. The zero-order chi connectivity index (χ0) is 12.3. The Labute approximate surface area is 105 Å². The number of nitrogens with one attached hydrogen (secondary N) is 1. The number of piperidine rings is 1. The normalized spacial score (nSPS) is 26.4. The van der Waals surface area contributed by atoms with E-state index >= 15 is 0 Å². The van der Waals surface area contributed by atoms with Crippen LogP contribution in [0.4, 0.5) is 0 Å². The monoisotopic (exact) mass is 232 g/mol.